The predicted molar refractivity (Wildman–Crippen MR) is 119 cm³/mol. The van der Waals surface area contributed by atoms with Crippen molar-refractivity contribution in [1.82, 2.24) is 4.31 Å². The number of rotatable bonds is 10. The summed E-state index contributed by atoms with van der Waals surface area (Å²) in [4.78, 5) is 24.3. The molecule has 0 aromatic heterocycles. The minimum atomic E-state index is -3.98. The van der Waals surface area contributed by atoms with Crippen LogP contribution in [0.25, 0.3) is 0 Å². The third-order valence-corrected chi connectivity index (χ3v) is 10.4. The van der Waals surface area contributed by atoms with Gasteiger partial charge in [0, 0.05) is 0 Å². The van der Waals surface area contributed by atoms with Crippen molar-refractivity contribution in [3.63, 3.8) is 0 Å². The van der Waals surface area contributed by atoms with Crippen molar-refractivity contribution in [1.29, 1.82) is 0 Å². The van der Waals surface area contributed by atoms with Crippen molar-refractivity contribution in [2.24, 2.45) is 0 Å². The van der Waals surface area contributed by atoms with E-state index in [1.54, 1.807) is 12.1 Å². The molecule has 2 aromatic rings. The molecule has 1 aliphatic rings. The second-order valence-electron chi connectivity index (χ2n) is 7.01. The topological polar surface area (TPSA) is 101 Å². The van der Waals surface area contributed by atoms with E-state index in [1.165, 1.54) is 30.3 Å². The molecular weight excluding hydrogens is 547 g/mol. The number of carbonyl (C=O) groups is 2. The molecule has 1 saturated heterocycles. The van der Waals surface area contributed by atoms with Crippen molar-refractivity contribution in [2.75, 3.05) is 13.4 Å². The van der Waals surface area contributed by atoms with Crippen LogP contribution in [0, 0.1) is 0 Å². The summed E-state index contributed by atoms with van der Waals surface area (Å²) in [6.07, 6.45) is 0.0946. The third kappa shape index (κ3) is 5.83. The Hall–Kier alpha value is -1.64. The number of carboxylic acids is 1. The van der Waals surface area contributed by atoms with Gasteiger partial charge in [0.2, 0.25) is 0 Å². The zero-order chi connectivity index (χ0) is 23.5. The summed E-state index contributed by atoms with van der Waals surface area (Å²) < 4.78 is 43.3. The van der Waals surface area contributed by atoms with E-state index < -0.39 is 49.4 Å². The summed E-state index contributed by atoms with van der Waals surface area (Å²) in [5, 5.41) is 9.62. The first-order valence-electron chi connectivity index (χ1n) is 9.40. The van der Waals surface area contributed by atoms with E-state index >= 15 is 0 Å². The molecule has 32 heavy (non-hydrogen) atoms. The van der Waals surface area contributed by atoms with Crippen LogP contribution < -0.4 is 4.74 Å². The molecule has 0 amide bonds. The number of aliphatic carboxylic acids is 1. The monoisotopic (exact) mass is 565 g/mol. The number of sulfonamides is 1. The molecule has 3 rings (SSSR count). The van der Waals surface area contributed by atoms with E-state index in [-0.39, 0.29) is 38.2 Å². The Morgan fingerprint density at radius 2 is 1.81 bits per heavy atom. The molecule has 2 aromatic carbocycles. The zero-order valence-corrected chi connectivity index (χ0v) is 20.9. The first-order valence-corrected chi connectivity index (χ1v) is 13.9. The Bertz CT molecular complexity index is 1100. The van der Waals surface area contributed by atoms with Crippen molar-refractivity contribution in [3.8, 4) is 5.75 Å². The van der Waals surface area contributed by atoms with Gasteiger partial charge in [-0.05, 0) is 0 Å². The second kappa shape index (κ2) is 10.5. The molecule has 7 nitrogen and oxygen atoms in total. The number of alkyl halides is 1. The van der Waals surface area contributed by atoms with E-state index in [0.717, 1.165) is 4.31 Å². The van der Waals surface area contributed by atoms with Crippen molar-refractivity contribution in [2.45, 2.75) is 28.5 Å². The maximum absolute atomic E-state index is 13.0. The molecule has 0 bridgehead atoms. The van der Waals surface area contributed by atoms with E-state index in [1.807, 2.05) is 0 Å². The van der Waals surface area contributed by atoms with Gasteiger partial charge < -0.3 is 0 Å². The van der Waals surface area contributed by atoms with Crippen molar-refractivity contribution < 1.29 is 32.2 Å². The molecule has 1 unspecified atom stereocenters. The first-order chi connectivity index (χ1) is 15.1. The number of halogens is 3. The van der Waals surface area contributed by atoms with Crippen molar-refractivity contribution in [3.05, 3.63) is 58.1 Å². The number of nitrogens with zero attached hydrogens (tertiary/aromatic N) is 1. The number of ether oxygens (including phenoxy) is 1. The fraction of sp³-hybridized carbons (Fsp3) is 0.300. The summed E-state index contributed by atoms with van der Waals surface area (Å²) in [5.74, 6) is -0.782. The third-order valence-electron chi connectivity index (χ3n) is 4.91. The van der Waals surface area contributed by atoms with E-state index in [4.69, 9.17) is 27.9 Å². The Labute approximate surface area is 201 Å². The molecule has 1 aliphatic heterocycles. The molecular formula is C20H19AsCl2FNO6S. The fourth-order valence-corrected chi connectivity index (χ4v) is 8.92. The molecule has 3 atom stereocenters. The average Bonchev–Trinajstić information content (AvgIpc) is 2.66. The van der Waals surface area contributed by atoms with E-state index in [2.05, 4.69) is 0 Å². The summed E-state index contributed by atoms with van der Waals surface area (Å²) in [6.45, 7) is -0.817. The first kappa shape index (κ1) is 25.0. The normalized spacial score (nSPS) is 17.8. The van der Waals surface area contributed by atoms with Gasteiger partial charge in [0.15, 0.2) is 0 Å². The van der Waals surface area contributed by atoms with Gasteiger partial charge in [0.25, 0.3) is 0 Å². The Morgan fingerprint density at radius 3 is 2.31 bits per heavy atom. The molecule has 1 fully saturated rings. The summed E-state index contributed by atoms with van der Waals surface area (Å²) >= 11 is 10.3. The molecule has 0 saturated carbocycles. The van der Waals surface area contributed by atoms with Crippen LogP contribution in [0.4, 0.5) is 4.39 Å². The van der Waals surface area contributed by atoms with Gasteiger partial charge in [0.1, 0.15) is 0 Å². The SMILES string of the molecule is O=C(O)C[C@@H]([AsH]C(=O)[C@@H]1CCN1S(=O)(=O)c1cc(Cl)cc(Cl)c1)c1ccc(OCF)cc1. The summed E-state index contributed by atoms with van der Waals surface area (Å²) in [6, 6.07) is 9.31. The maximum atomic E-state index is 13.0. The molecule has 0 radical (unpaired) electrons. The van der Waals surface area contributed by atoms with Crippen LogP contribution in [-0.4, -0.2) is 63.6 Å². The van der Waals surface area contributed by atoms with Gasteiger partial charge in [-0.25, -0.2) is 0 Å². The number of hydrogen-bond acceptors (Lipinski definition) is 5. The van der Waals surface area contributed by atoms with E-state index in [0.29, 0.717) is 12.0 Å². The van der Waals surface area contributed by atoms with Crippen LogP contribution in [0.15, 0.2) is 47.4 Å². The van der Waals surface area contributed by atoms with Gasteiger partial charge in [-0.2, -0.15) is 0 Å². The number of benzene rings is 2. The Kier molecular flexibility index (Phi) is 8.22. The molecule has 0 aliphatic carbocycles. The van der Waals surface area contributed by atoms with E-state index in [9.17, 15) is 27.5 Å². The second-order valence-corrected chi connectivity index (χ2v) is 12.9. The van der Waals surface area contributed by atoms with Gasteiger partial charge in [-0.3, -0.25) is 0 Å². The van der Waals surface area contributed by atoms with Crippen LogP contribution in [0.3, 0.4) is 0 Å². The zero-order valence-electron chi connectivity index (χ0n) is 16.5. The number of carboxylic acid groups (broad SMARTS) is 1. The van der Waals surface area contributed by atoms with Crippen LogP contribution in [0.2, 0.25) is 10.0 Å². The Balaban J connectivity index is 1.78. The molecule has 0 spiro atoms. The standard InChI is InChI=1S/C20H19AsCl2FNO6S/c22-13-7-14(23)9-16(8-13)32(29,30)25-6-5-18(25)20(28)21-17(10-19(26)27)12-1-3-15(4-2-12)31-11-24/h1-4,7-9,17-18,21H,5-6,10-11H2,(H,26,27)/t17-,18+/m1/s1. The Morgan fingerprint density at radius 1 is 1.19 bits per heavy atom. The molecule has 172 valence electrons. The quantitative estimate of drug-likeness (QED) is 0.444. The molecule has 12 heteroatoms. The molecule has 1 heterocycles. The van der Waals surface area contributed by atoms with Gasteiger partial charge in [-0.1, -0.05) is 0 Å². The van der Waals surface area contributed by atoms with Crippen molar-refractivity contribution >= 4 is 59.5 Å². The van der Waals surface area contributed by atoms with Gasteiger partial charge in [0.05, 0.1) is 0 Å². The van der Waals surface area contributed by atoms with Gasteiger partial charge in [-0.15, -0.1) is 0 Å². The van der Waals surface area contributed by atoms with Crippen LogP contribution >= 0.6 is 23.2 Å². The molecule has 1 N–H and O–H groups in total. The van der Waals surface area contributed by atoms with Crippen LogP contribution in [0.5, 0.6) is 5.75 Å². The summed E-state index contributed by atoms with van der Waals surface area (Å²) in [5.41, 5.74) is 0.613. The van der Waals surface area contributed by atoms with Crippen LogP contribution in [-0.2, 0) is 19.6 Å². The summed E-state index contributed by atoms with van der Waals surface area (Å²) in [7, 11) is -3.98. The van der Waals surface area contributed by atoms with Crippen LogP contribution in [0.1, 0.15) is 23.1 Å². The number of carbonyl (C=O) groups excluding carboxylic acids is 1. The average molecular weight is 566 g/mol. The predicted octanol–water partition coefficient (Wildman–Crippen LogP) is 3.24. The number of hydrogen-bond donors (Lipinski definition) is 1. The fourth-order valence-electron chi connectivity index (χ4n) is 3.28. The minimum absolute atomic E-state index is 0.0990. The van der Waals surface area contributed by atoms with Gasteiger partial charge >= 0.3 is 202 Å².